The van der Waals surface area contributed by atoms with Crippen molar-refractivity contribution in [1.29, 1.82) is 0 Å². The number of fused-ring (bicyclic) bond motifs is 1. The van der Waals surface area contributed by atoms with Crippen molar-refractivity contribution in [3.8, 4) is 0 Å². The van der Waals surface area contributed by atoms with Gasteiger partial charge >= 0.3 is 0 Å². The van der Waals surface area contributed by atoms with Crippen LogP contribution in [0.25, 0.3) is 0 Å². The van der Waals surface area contributed by atoms with E-state index in [1.807, 2.05) is 41.1 Å². The molecule has 0 bridgehead atoms. The van der Waals surface area contributed by atoms with E-state index < -0.39 is 0 Å². The molecule has 138 valence electrons. The van der Waals surface area contributed by atoms with E-state index in [0.29, 0.717) is 12.1 Å². The van der Waals surface area contributed by atoms with Crippen LogP contribution in [-0.4, -0.2) is 27.2 Å². The van der Waals surface area contributed by atoms with E-state index in [9.17, 15) is 4.79 Å². The highest BCUT2D eigenvalue weighted by Gasteiger charge is 2.29. The average Bonchev–Trinajstić information content (AvgIpc) is 3.14. The van der Waals surface area contributed by atoms with Crippen molar-refractivity contribution >= 4 is 11.7 Å². The minimum absolute atomic E-state index is 0.0706. The third-order valence-electron chi connectivity index (χ3n) is 4.93. The molecule has 0 aliphatic carbocycles. The van der Waals surface area contributed by atoms with Crippen molar-refractivity contribution in [1.82, 2.24) is 20.1 Å². The number of carbonyl (C=O) groups is 1. The number of hydrogen-bond donors (Lipinski definition) is 2. The minimum Gasteiger partial charge on any atom is -0.361 e. The summed E-state index contributed by atoms with van der Waals surface area (Å²) in [6.07, 6.45) is 5.12. The first-order valence-electron chi connectivity index (χ1n) is 9.29. The highest BCUT2D eigenvalue weighted by molar-refractivity contribution is 5.98. The number of anilines is 1. The summed E-state index contributed by atoms with van der Waals surface area (Å²) in [6, 6.07) is 16.3. The van der Waals surface area contributed by atoms with Crippen molar-refractivity contribution < 1.29 is 4.79 Å². The van der Waals surface area contributed by atoms with Crippen molar-refractivity contribution in [2.45, 2.75) is 31.8 Å². The van der Waals surface area contributed by atoms with Crippen molar-refractivity contribution in [3.63, 3.8) is 0 Å². The molecule has 0 saturated heterocycles. The molecule has 1 aliphatic rings. The van der Waals surface area contributed by atoms with Gasteiger partial charge in [0, 0.05) is 12.7 Å². The van der Waals surface area contributed by atoms with E-state index in [4.69, 9.17) is 0 Å². The molecule has 0 radical (unpaired) electrons. The molecular weight excluding hydrogens is 338 g/mol. The molecule has 0 saturated carbocycles. The Bertz CT molecular complexity index is 907. The largest absolute Gasteiger partial charge is 0.361 e. The van der Waals surface area contributed by atoms with Gasteiger partial charge in [0.1, 0.15) is 11.4 Å². The summed E-state index contributed by atoms with van der Waals surface area (Å²) >= 11 is 0. The topological polar surface area (TPSA) is 71.8 Å². The van der Waals surface area contributed by atoms with Gasteiger partial charge in [-0.2, -0.15) is 5.10 Å². The van der Waals surface area contributed by atoms with Crippen molar-refractivity contribution in [3.05, 3.63) is 77.7 Å². The second-order valence-corrected chi connectivity index (χ2v) is 6.88. The van der Waals surface area contributed by atoms with Gasteiger partial charge in [-0.25, -0.2) is 4.68 Å². The smallest absolute Gasteiger partial charge is 0.256 e. The zero-order valence-electron chi connectivity index (χ0n) is 15.3. The van der Waals surface area contributed by atoms with Crippen molar-refractivity contribution in [2.24, 2.45) is 0 Å². The second-order valence-electron chi connectivity index (χ2n) is 6.88. The molecule has 4 rings (SSSR count). The van der Waals surface area contributed by atoms with E-state index in [-0.39, 0.29) is 18.0 Å². The van der Waals surface area contributed by atoms with Crippen LogP contribution in [0.4, 0.5) is 5.82 Å². The van der Waals surface area contributed by atoms with Gasteiger partial charge in [0.15, 0.2) is 0 Å². The van der Waals surface area contributed by atoms with Crippen LogP contribution in [0, 0.1) is 0 Å². The Balaban J connectivity index is 1.46. The SMILES string of the molecule is CC1CC(c2ccccn2)Nc2c(C(=O)NCCc3ccccc3)cnn21. The molecule has 3 aromatic rings. The van der Waals surface area contributed by atoms with Gasteiger partial charge in [0.05, 0.1) is 24.0 Å². The first-order valence-corrected chi connectivity index (χ1v) is 9.29. The van der Waals surface area contributed by atoms with Crippen LogP contribution in [0.1, 0.15) is 47.0 Å². The van der Waals surface area contributed by atoms with Gasteiger partial charge in [-0.3, -0.25) is 9.78 Å². The Morgan fingerprint density at radius 2 is 2.04 bits per heavy atom. The first kappa shape index (κ1) is 17.3. The number of hydrogen-bond acceptors (Lipinski definition) is 4. The third-order valence-corrected chi connectivity index (χ3v) is 4.93. The molecule has 2 atom stereocenters. The quantitative estimate of drug-likeness (QED) is 0.731. The summed E-state index contributed by atoms with van der Waals surface area (Å²) in [5, 5.41) is 10.9. The summed E-state index contributed by atoms with van der Waals surface area (Å²) in [6.45, 7) is 2.71. The Morgan fingerprint density at radius 1 is 1.22 bits per heavy atom. The number of nitrogens with zero attached hydrogens (tertiary/aromatic N) is 3. The molecule has 0 fully saturated rings. The summed E-state index contributed by atoms with van der Waals surface area (Å²) < 4.78 is 1.89. The number of pyridine rings is 1. The molecule has 1 amide bonds. The van der Waals surface area contributed by atoms with Crippen LogP contribution < -0.4 is 10.6 Å². The monoisotopic (exact) mass is 361 g/mol. The molecule has 0 spiro atoms. The number of rotatable bonds is 5. The molecule has 3 heterocycles. The van der Waals surface area contributed by atoms with Gasteiger partial charge in [0.25, 0.3) is 5.91 Å². The number of aromatic nitrogens is 3. The van der Waals surface area contributed by atoms with Gasteiger partial charge in [0.2, 0.25) is 0 Å². The Morgan fingerprint density at radius 3 is 2.81 bits per heavy atom. The lowest BCUT2D eigenvalue weighted by molar-refractivity contribution is 0.0954. The van der Waals surface area contributed by atoms with Crippen LogP contribution in [0.2, 0.25) is 0 Å². The van der Waals surface area contributed by atoms with Crippen LogP contribution in [-0.2, 0) is 6.42 Å². The summed E-state index contributed by atoms with van der Waals surface area (Å²) in [7, 11) is 0. The maximum atomic E-state index is 12.7. The molecule has 2 unspecified atom stereocenters. The third kappa shape index (κ3) is 3.69. The lowest BCUT2D eigenvalue weighted by Gasteiger charge is -2.30. The fraction of sp³-hybridized carbons (Fsp3) is 0.286. The Kier molecular flexibility index (Phi) is 4.87. The maximum absolute atomic E-state index is 12.7. The zero-order chi connectivity index (χ0) is 18.6. The standard InChI is InChI=1S/C21H23N5O/c1-15-13-19(18-9-5-6-11-22-18)25-20-17(14-24-26(15)20)21(27)23-12-10-16-7-3-2-4-8-16/h2-9,11,14-15,19,25H,10,12-13H2,1H3,(H,23,27). The molecular formula is C21H23N5O. The fourth-order valence-corrected chi connectivity index (χ4v) is 3.51. The minimum atomic E-state index is -0.103. The van der Waals surface area contributed by atoms with Gasteiger partial charge in [-0.15, -0.1) is 0 Å². The number of amides is 1. The highest BCUT2D eigenvalue weighted by Crippen LogP contribution is 2.35. The molecule has 1 aromatic carbocycles. The highest BCUT2D eigenvalue weighted by atomic mass is 16.1. The predicted octanol–water partition coefficient (Wildman–Crippen LogP) is 3.37. The Labute approximate surface area is 158 Å². The number of nitrogens with one attached hydrogen (secondary N) is 2. The van der Waals surface area contributed by atoms with E-state index in [2.05, 4.69) is 39.8 Å². The van der Waals surface area contributed by atoms with Gasteiger partial charge in [-0.1, -0.05) is 36.4 Å². The maximum Gasteiger partial charge on any atom is 0.256 e. The van der Waals surface area contributed by atoms with Crippen LogP contribution in [0.3, 0.4) is 0 Å². The van der Waals surface area contributed by atoms with Crippen LogP contribution in [0.5, 0.6) is 0 Å². The number of carbonyl (C=O) groups excluding carboxylic acids is 1. The predicted molar refractivity (Wildman–Crippen MR) is 105 cm³/mol. The van der Waals surface area contributed by atoms with E-state index in [1.165, 1.54) is 5.56 Å². The first-order chi connectivity index (χ1) is 13.2. The Hall–Kier alpha value is -3.15. The molecule has 2 N–H and O–H groups in total. The second kappa shape index (κ2) is 7.61. The van der Waals surface area contributed by atoms with Gasteiger partial charge < -0.3 is 10.6 Å². The number of benzene rings is 1. The van der Waals surface area contributed by atoms with E-state index >= 15 is 0 Å². The fourth-order valence-electron chi connectivity index (χ4n) is 3.51. The molecule has 6 heteroatoms. The summed E-state index contributed by atoms with van der Waals surface area (Å²) in [5.74, 6) is 0.662. The molecule has 6 nitrogen and oxygen atoms in total. The van der Waals surface area contributed by atoms with E-state index in [1.54, 1.807) is 12.4 Å². The van der Waals surface area contributed by atoms with Crippen LogP contribution in [0.15, 0.2) is 60.9 Å². The molecule has 2 aromatic heterocycles. The molecule has 1 aliphatic heterocycles. The lowest BCUT2D eigenvalue weighted by atomic mass is 10.0. The van der Waals surface area contributed by atoms with Crippen molar-refractivity contribution in [2.75, 3.05) is 11.9 Å². The normalized spacial score (nSPS) is 18.4. The van der Waals surface area contributed by atoms with Gasteiger partial charge in [-0.05, 0) is 37.5 Å². The summed E-state index contributed by atoms with van der Waals surface area (Å²) in [4.78, 5) is 17.2. The lowest BCUT2D eigenvalue weighted by Crippen LogP contribution is -2.30. The average molecular weight is 361 g/mol. The van der Waals surface area contributed by atoms with E-state index in [0.717, 1.165) is 24.4 Å². The van der Waals surface area contributed by atoms with Crippen LogP contribution >= 0.6 is 0 Å². The molecule has 27 heavy (non-hydrogen) atoms. The zero-order valence-corrected chi connectivity index (χ0v) is 15.3. The summed E-state index contributed by atoms with van der Waals surface area (Å²) in [5.41, 5.74) is 2.76.